The third kappa shape index (κ3) is 3.45. The Morgan fingerprint density at radius 1 is 1.05 bits per heavy atom. The van der Waals surface area contributed by atoms with Gasteiger partial charge in [0.1, 0.15) is 11.4 Å². The molecule has 0 spiro atoms. The van der Waals surface area contributed by atoms with Gasteiger partial charge in [0.25, 0.3) is 0 Å². The van der Waals surface area contributed by atoms with E-state index in [1.807, 2.05) is 45.0 Å². The van der Waals surface area contributed by atoms with Gasteiger partial charge in [0.2, 0.25) is 0 Å². The molecule has 0 saturated heterocycles. The van der Waals surface area contributed by atoms with Crippen molar-refractivity contribution in [2.75, 3.05) is 7.11 Å². The Labute approximate surface area is 124 Å². The van der Waals surface area contributed by atoms with Crippen LogP contribution in [0, 0.1) is 0 Å². The maximum Gasteiger partial charge on any atom is 0.308 e. The van der Waals surface area contributed by atoms with Crippen LogP contribution in [0.15, 0.2) is 30.3 Å². The van der Waals surface area contributed by atoms with E-state index in [-0.39, 0.29) is 11.6 Å². The van der Waals surface area contributed by atoms with Gasteiger partial charge in [0.05, 0.1) is 7.11 Å². The second-order valence-corrected chi connectivity index (χ2v) is 5.76. The van der Waals surface area contributed by atoms with E-state index in [4.69, 9.17) is 14.2 Å². The summed E-state index contributed by atoms with van der Waals surface area (Å²) in [5.41, 5.74) is -0.386. The molecule has 0 aliphatic rings. The molecule has 0 radical (unpaired) electrons. The first-order chi connectivity index (χ1) is 9.81. The normalized spacial score (nSPS) is 11.3. The lowest BCUT2D eigenvalue weighted by Crippen LogP contribution is -2.23. The van der Waals surface area contributed by atoms with E-state index >= 15 is 0 Å². The molecule has 0 fully saturated rings. The monoisotopic (exact) mass is 288 g/mol. The molecule has 0 aliphatic carbocycles. The van der Waals surface area contributed by atoms with Gasteiger partial charge in [-0.25, -0.2) is 0 Å². The van der Waals surface area contributed by atoms with Crippen LogP contribution in [0.1, 0.15) is 27.7 Å². The number of carbonyl (C=O) groups excluding carboxylic acids is 1. The average Bonchev–Trinajstić information content (AvgIpc) is 2.36. The Bertz CT molecular complexity index is 668. The van der Waals surface area contributed by atoms with Crippen molar-refractivity contribution in [3.05, 3.63) is 30.3 Å². The molecule has 0 unspecified atom stereocenters. The zero-order valence-electron chi connectivity index (χ0n) is 13.0. The topological polar surface area (TPSA) is 44.8 Å². The van der Waals surface area contributed by atoms with Crippen molar-refractivity contribution in [1.82, 2.24) is 0 Å². The highest BCUT2D eigenvalue weighted by atomic mass is 16.5. The molecule has 4 nitrogen and oxygen atoms in total. The largest absolute Gasteiger partial charge is 0.492 e. The lowest BCUT2D eigenvalue weighted by atomic mass is 10.1. The number of methoxy groups -OCH3 is 1. The van der Waals surface area contributed by atoms with Gasteiger partial charge in [-0.05, 0) is 20.8 Å². The van der Waals surface area contributed by atoms with E-state index < -0.39 is 0 Å². The number of rotatable bonds is 3. The first kappa shape index (κ1) is 15.2. The van der Waals surface area contributed by atoms with Gasteiger partial charge in [-0.2, -0.15) is 0 Å². The Morgan fingerprint density at radius 3 is 2.19 bits per heavy atom. The van der Waals surface area contributed by atoms with Crippen molar-refractivity contribution < 1.29 is 19.0 Å². The Hall–Kier alpha value is -2.23. The lowest BCUT2D eigenvalue weighted by Gasteiger charge is -2.24. The van der Waals surface area contributed by atoms with E-state index in [9.17, 15) is 4.79 Å². The van der Waals surface area contributed by atoms with Crippen LogP contribution in [0.3, 0.4) is 0 Å². The van der Waals surface area contributed by atoms with Crippen LogP contribution >= 0.6 is 0 Å². The second kappa shape index (κ2) is 5.64. The summed E-state index contributed by atoms with van der Waals surface area (Å²) >= 11 is 0. The van der Waals surface area contributed by atoms with Crippen LogP contribution in [-0.4, -0.2) is 18.7 Å². The minimum absolute atomic E-state index is 0.368. The quantitative estimate of drug-likeness (QED) is 0.633. The molecule has 4 heteroatoms. The highest BCUT2D eigenvalue weighted by Crippen LogP contribution is 2.42. The fourth-order valence-electron chi connectivity index (χ4n) is 2.15. The summed E-state index contributed by atoms with van der Waals surface area (Å²) in [5.74, 6) is 1.29. The molecule has 0 bridgehead atoms. The predicted molar refractivity (Wildman–Crippen MR) is 82.2 cm³/mol. The first-order valence-corrected chi connectivity index (χ1v) is 6.79. The molecule has 0 heterocycles. The Morgan fingerprint density at radius 2 is 1.67 bits per heavy atom. The van der Waals surface area contributed by atoms with Crippen LogP contribution in [0.5, 0.6) is 17.2 Å². The summed E-state index contributed by atoms with van der Waals surface area (Å²) in [7, 11) is 1.60. The van der Waals surface area contributed by atoms with Gasteiger partial charge in [-0.1, -0.05) is 24.3 Å². The molecule has 0 saturated carbocycles. The molecule has 21 heavy (non-hydrogen) atoms. The number of carbonyl (C=O) groups is 1. The average molecular weight is 288 g/mol. The van der Waals surface area contributed by atoms with Crippen LogP contribution in [0.25, 0.3) is 10.8 Å². The predicted octanol–water partition coefficient (Wildman–Crippen LogP) is 3.95. The summed E-state index contributed by atoms with van der Waals surface area (Å²) in [6.45, 7) is 7.23. The van der Waals surface area contributed by atoms with Gasteiger partial charge in [-0.3, -0.25) is 4.79 Å². The Balaban J connectivity index is 2.69. The zero-order chi connectivity index (χ0) is 15.6. The van der Waals surface area contributed by atoms with Crippen molar-refractivity contribution in [1.29, 1.82) is 0 Å². The summed E-state index contributed by atoms with van der Waals surface area (Å²) < 4.78 is 16.7. The molecule has 2 rings (SSSR count). The van der Waals surface area contributed by atoms with E-state index in [0.717, 1.165) is 10.8 Å². The van der Waals surface area contributed by atoms with Crippen LogP contribution in [-0.2, 0) is 4.79 Å². The molecule has 0 aliphatic heterocycles. The van der Waals surface area contributed by atoms with E-state index in [2.05, 4.69) is 0 Å². The lowest BCUT2D eigenvalue weighted by molar-refractivity contribution is -0.131. The molecule has 0 amide bonds. The van der Waals surface area contributed by atoms with Crippen molar-refractivity contribution in [3.8, 4) is 17.2 Å². The van der Waals surface area contributed by atoms with Crippen LogP contribution in [0.4, 0.5) is 0 Å². The van der Waals surface area contributed by atoms with Crippen molar-refractivity contribution in [2.24, 2.45) is 0 Å². The van der Waals surface area contributed by atoms with Gasteiger partial charge >= 0.3 is 5.97 Å². The smallest absolute Gasteiger partial charge is 0.308 e. The van der Waals surface area contributed by atoms with Crippen LogP contribution in [0.2, 0.25) is 0 Å². The molecule has 112 valence electrons. The molecule has 0 atom stereocenters. The first-order valence-electron chi connectivity index (χ1n) is 6.79. The van der Waals surface area contributed by atoms with E-state index in [0.29, 0.717) is 17.2 Å². The number of hydrogen-bond donors (Lipinski definition) is 0. The minimum atomic E-state index is -0.386. The summed E-state index contributed by atoms with van der Waals surface area (Å²) in [4.78, 5) is 11.3. The van der Waals surface area contributed by atoms with Gasteiger partial charge in [0.15, 0.2) is 11.5 Å². The molecular weight excluding hydrogens is 268 g/mol. The number of benzene rings is 2. The van der Waals surface area contributed by atoms with Gasteiger partial charge < -0.3 is 14.2 Å². The van der Waals surface area contributed by atoms with Crippen molar-refractivity contribution >= 4 is 16.7 Å². The zero-order valence-corrected chi connectivity index (χ0v) is 13.0. The molecule has 0 aromatic heterocycles. The number of ether oxygens (including phenoxy) is 3. The molecule has 2 aromatic rings. The third-order valence-electron chi connectivity index (χ3n) is 2.80. The number of hydrogen-bond acceptors (Lipinski definition) is 4. The maximum atomic E-state index is 11.3. The summed E-state index contributed by atoms with van der Waals surface area (Å²) in [6.07, 6.45) is 0. The number of fused-ring (bicyclic) bond motifs is 1. The fraction of sp³-hybridized carbons (Fsp3) is 0.353. The Kier molecular flexibility index (Phi) is 4.07. The third-order valence-corrected chi connectivity index (χ3v) is 2.80. The number of esters is 1. The summed E-state index contributed by atoms with van der Waals surface area (Å²) in [5, 5.41) is 1.66. The van der Waals surface area contributed by atoms with Gasteiger partial charge in [-0.15, -0.1) is 0 Å². The second-order valence-electron chi connectivity index (χ2n) is 5.76. The van der Waals surface area contributed by atoms with Gasteiger partial charge in [0, 0.05) is 23.8 Å². The molecule has 2 aromatic carbocycles. The molecule has 0 N–H and O–H groups in total. The van der Waals surface area contributed by atoms with Crippen molar-refractivity contribution in [3.63, 3.8) is 0 Å². The maximum absolute atomic E-state index is 11.3. The van der Waals surface area contributed by atoms with Crippen LogP contribution < -0.4 is 14.2 Å². The summed E-state index contributed by atoms with van der Waals surface area (Å²) in [6, 6.07) is 9.30. The highest BCUT2D eigenvalue weighted by molar-refractivity contribution is 5.96. The fourth-order valence-corrected chi connectivity index (χ4v) is 2.15. The van der Waals surface area contributed by atoms with E-state index in [1.54, 1.807) is 13.2 Å². The standard InChI is InChI=1S/C17H20O4/c1-11(18)20-14-10-15(21-17(2,3)4)16(19-5)13-9-7-6-8-12(13)14/h6-10H,1-5H3. The highest BCUT2D eigenvalue weighted by Gasteiger charge is 2.20. The SMILES string of the molecule is COc1c(OC(C)(C)C)cc(OC(C)=O)c2ccccc12. The minimum Gasteiger partial charge on any atom is -0.492 e. The van der Waals surface area contributed by atoms with E-state index in [1.165, 1.54) is 6.92 Å². The molecular formula is C17H20O4. The van der Waals surface area contributed by atoms with Crippen molar-refractivity contribution in [2.45, 2.75) is 33.3 Å².